The topological polar surface area (TPSA) is 61.5 Å². The van der Waals surface area contributed by atoms with Gasteiger partial charge in [-0.1, -0.05) is 6.58 Å². The monoisotopic (exact) mass is 325 g/mol. The SMILES string of the molecule is C=CC(=O)OCCCOSc1c(F)c(F)c(N)c(F)c1F. The van der Waals surface area contributed by atoms with Crippen LogP contribution in [0.2, 0.25) is 0 Å². The molecule has 0 fully saturated rings. The van der Waals surface area contributed by atoms with E-state index in [1.165, 1.54) is 0 Å². The lowest BCUT2D eigenvalue weighted by atomic mass is 10.2. The van der Waals surface area contributed by atoms with Crippen molar-refractivity contribution in [3.05, 3.63) is 35.9 Å². The maximum absolute atomic E-state index is 13.4. The predicted octanol–water partition coefficient (Wildman–Crippen LogP) is 2.97. The first-order valence-corrected chi connectivity index (χ1v) is 6.34. The van der Waals surface area contributed by atoms with Gasteiger partial charge in [0.25, 0.3) is 0 Å². The highest BCUT2D eigenvalue weighted by Gasteiger charge is 2.24. The summed E-state index contributed by atoms with van der Waals surface area (Å²) in [6.07, 6.45) is 1.19. The van der Waals surface area contributed by atoms with Crippen LogP contribution in [0.25, 0.3) is 0 Å². The van der Waals surface area contributed by atoms with E-state index in [-0.39, 0.29) is 31.7 Å². The van der Waals surface area contributed by atoms with Crippen molar-refractivity contribution in [2.75, 3.05) is 18.9 Å². The van der Waals surface area contributed by atoms with Crippen LogP contribution in [-0.2, 0) is 13.7 Å². The average molecular weight is 325 g/mol. The van der Waals surface area contributed by atoms with E-state index >= 15 is 0 Å². The fraction of sp³-hybridized carbons (Fsp3) is 0.250. The lowest BCUT2D eigenvalue weighted by Crippen LogP contribution is -2.06. The number of carbonyl (C=O) groups is 1. The number of hydrogen-bond donors (Lipinski definition) is 1. The van der Waals surface area contributed by atoms with Gasteiger partial charge in [-0.05, 0) is 0 Å². The minimum Gasteiger partial charge on any atom is -0.462 e. The Hall–Kier alpha value is -1.74. The van der Waals surface area contributed by atoms with E-state index < -0.39 is 39.8 Å². The van der Waals surface area contributed by atoms with Crippen LogP contribution in [0.5, 0.6) is 0 Å². The van der Waals surface area contributed by atoms with Gasteiger partial charge >= 0.3 is 5.97 Å². The number of rotatable bonds is 7. The Morgan fingerprint density at radius 3 is 2.24 bits per heavy atom. The highest BCUT2D eigenvalue weighted by atomic mass is 32.2. The van der Waals surface area contributed by atoms with Crippen LogP contribution in [-0.4, -0.2) is 19.2 Å². The second-order valence-corrected chi connectivity index (χ2v) is 4.44. The summed E-state index contributed by atoms with van der Waals surface area (Å²) in [4.78, 5) is 9.71. The first kappa shape index (κ1) is 17.3. The van der Waals surface area contributed by atoms with Crippen molar-refractivity contribution >= 4 is 23.7 Å². The van der Waals surface area contributed by atoms with Gasteiger partial charge in [0.1, 0.15) is 10.6 Å². The van der Waals surface area contributed by atoms with E-state index in [9.17, 15) is 22.4 Å². The number of benzene rings is 1. The molecule has 0 saturated heterocycles. The van der Waals surface area contributed by atoms with Gasteiger partial charge in [-0.25, -0.2) is 22.4 Å². The molecule has 4 nitrogen and oxygen atoms in total. The predicted molar refractivity (Wildman–Crippen MR) is 68.3 cm³/mol. The molecule has 0 aromatic heterocycles. The smallest absolute Gasteiger partial charge is 0.330 e. The summed E-state index contributed by atoms with van der Waals surface area (Å²) in [6.45, 7) is 3.12. The summed E-state index contributed by atoms with van der Waals surface area (Å²) >= 11 is 0.129. The van der Waals surface area contributed by atoms with E-state index in [4.69, 9.17) is 9.92 Å². The molecule has 0 amide bonds. The molecule has 0 unspecified atom stereocenters. The quantitative estimate of drug-likeness (QED) is 0.159. The van der Waals surface area contributed by atoms with Crippen LogP contribution in [0.1, 0.15) is 6.42 Å². The van der Waals surface area contributed by atoms with Gasteiger partial charge in [-0.2, -0.15) is 0 Å². The second-order valence-electron chi connectivity index (χ2n) is 3.63. The number of anilines is 1. The third-order valence-electron chi connectivity index (χ3n) is 2.18. The second kappa shape index (κ2) is 7.89. The van der Waals surface area contributed by atoms with Gasteiger partial charge in [0.15, 0.2) is 23.3 Å². The maximum atomic E-state index is 13.4. The number of carbonyl (C=O) groups excluding carboxylic acids is 1. The Kier molecular flexibility index (Phi) is 6.50. The molecule has 0 aliphatic heterocycles. The molecule has 0 atom stereocenters. The number of halogens is 4. The van der Waals surface area contributed by atoms with Gasteiger partial charge in [0, 0.05) is 24.5 Å². The molecule has 116 valence electrons. The molecular weight excluding hydrogens is 314 g/mol. The fourth-order valence-corrected chi connectivity index (χ4v) is 1.80. The van der Waals surface area contributed by atoms with E-state index in [0.29, 0.717) is 0 Å². The summed E-state index contributed by atoms with van der Waals surface area (Å²) in [5.41, 5.74) is 3.62. The summed E-state index contributed by atoms with van der Waals surface area (Å²) in [5, 5.41) is 0. The van der Waals surface area contributed by atoms with Gasteiger partial charge < -0.3 is 14.7 Å². The van der Waals surface area contributed by atoms with Gasteiger partial charge in [-0.15, -0.1) is 0 Å². The van der Waals surface area contributed by atoms with Crippen LogP contribution >= 0.6 is 12.0 Å². The minimum atomic E-state index is -1.68. The maximum Gasteiger partial charge on any atom is 0.330 e. The first-order valence-electron chi connectivity index (χ1n) is 5.60. The summed E-state index contributed by atoms with van der Waals surface area (Å²) in [6, 6.07) is 0. The van der Waals surface area contributed by atoms with Crippen LogP contribution in [0, 0.1) is 23.3 Å². The number of hydrogen-bond acceptors (Lipinski definition) is 5. The lowest BCUT2D eigenvalue weighted by molar-refractivity contribution is -0.137. The van der Waals surface area contributed by atoms with E-state index in [0.717, 1.165) is 6.08 Å². The molecule has 2 N–H and O–H groups in total. The Morgan fingerprint density at radius 2 is 1.71 bits per heavy atom. The van der Waals surface area contributed by atoms with Gasteiger partial charge in [0.2, 0.25) is 0 Å². The zero-order valence-corrected chi connectivity index (χ0v) is 11.4. The average Bonchev–Trinajstić information content (AvgIpc) is 2.49. The van der Waals surface area contributed by atoms with Crippen molar-refractivity contribution < 1.29 is 31.3 Å². The number of esters is 1. The fourth-order valence-electron chi connectivity index (χ4n) is 1.15. The molecule has 0 spiro atoms. The molecule has 1 rings (SSSR count). The molecule has 0 radical (unpaired) electrons. The van der Waals surface area contributed by atoms with Gasteiger partial charge in [-0.3, -0.25) is 0 Å². The van der Waals surface area contributed by atoms with Crippen molar-refractivity contribution in [3.8, 4) is 0 Å². The Balaban J connectivity index is 2.53. The van der Waals surface area contributed by atoms with Crippen molar-refractivity contribution in [1.82, 2.24) is 0 Å². The Bertz CT molecular complexity index is 525. The molecule has 1 aromatic carbocycles. The standard InChI is InChI=1S/C12H11F4NO3S/c1-2-6(18)19-4-3-5-20-21-12-9(15)7(13)11(17)8(14)10(12)16/h2H,1,3-5,17H2. The highest BCUT2D eigenvalue weighted by molar-refractivity contribution is 7.94. The molecule has 9 heteroatoms. The van der Waals surface area contributed by atoms with E-state index in [1.807, 2.05) is 0 Å². The zero-order chi connectivity index (χ0) is 16.0. The normalized spacial score (nSPS) is 10.5. The summed E-state index contributed by atoms with van der Waals surface area (Å²) in [5.74, 6) is -7.24. The van der Waals surface area contributed by atoms with Crippen LogP contribution in [0.15, 0.2) is 17.6 Å². The number of nitrogen functional groups attached to an aromatic ring is 1. The molecule has 21 heavy (non-hydrogen) atoms. The minimum absolute atomic E-state index is 0.000831. The van der Waals surface area contributed by atoms with E-state index in [1.54, 1.807) is 0 Å². The van der Waals surface area contributed by atoms with E-state index in [2.05, 4.69) is 11.3 Å². The van der Waals surface area contributed by atoms with Crippen molar-refractivity contribution in [3.63, 3.8) is 0 Å². The molecule has 0 aliphatic carbocycles. The number of ether oxygens (including phenoxy) is 1. The molecule has 0 bridgehead atoms. The molecule has 0 aliphatic rings. The van der Waals surface area contributed by atoms with Crippen LogP contribution < -0.4 is 5.73 Å². The van der Waals surface area contributed by atoms with Crippen molar-refractivity contribution in [2.24, 2.45) is 0 Å². The zero-order valence-electron chi connectivity index (χ0n) is 10.6. The van der Waals surface area contributed by atoms with Crippen molar-refractivity contribution in [1.29, 1.82) is 0 Å². The highest BCUT2D eigenvalue weighted by Crippen LogP contribution is 2.33. The molecule has 1 aromatic rings. The Morgan fingerprint density at radius 1 is 1.14 bits per heavy atom. The van der Waals surface area contributed by atoms with Crippen LogP contribution in [0.4, 0.5) is 23.2 Å². The van der Waals surface area contributed by atoms with Crippen molar-refractivity contribution in [2.45, 2.75) is 11.3 Å². The van der Waals surface area contributed by atoms with Gasteiger partial charge in [0.05, 0.1) is 13.2 Å². The third kappa shape index (κ3) is 4.36. The first-order chi connectivity index (χ1) is 9.90. The molecule has 0 heterocycles. The molecule has 0 saturated carbocycles. The molecular formula is C12H11F4NO3S. The summed E-state index contributed by atoms with van der Waals surface area (Å²) in [7, 11) is 0. The number of nitrogens with two attached hydrogens (primary N) is 1. The van der Waals surface area contributed by atoms with Crippen LogP contribution in [0.3, 0.4) is 0 Å². The third-order valence-corrected chi connectivity index (χ3v) is 2.99. The Labute approximate surface area is 122 Å². The lowest BCUT2D eigenvalue weighted by Gasteiger charge is -2.08. The largest absolute Gasteiger partial charge is 0.462 e. The summed E-state index contributed by atoms with van der Waals surface area (Å²) < 4.78 is 62.5.